The number of hydrogen-bond acceptors (Lipinski definition) is 6. The first-order valence-corrected chi connectivity index (χ1v) is 6.73. The van der Waals surface area contributed by atoms with E-state index in [4.69, 9.17) is 23.7 Å². The molecular weight excluding hydrogens is 268 g/mol. The number of hydrogen-bond donors (Lipinski definition) is 1. The van der Waals surface area contributed by atoms with Crippen molar-refractivity contribution in [3.8, 4) is 0 Å². The van der Waals surface area contributed by atoms with E-state index in [1.54, 1.807) is 13.8 Å². The standard InChI is InChI=1S/C13H20O7/c1-11(2)16-6-8-9(19-11)7-5-13(18-8,10(14)15)20-12(3,4)17-7/h7-9H,5-6H2,1-4H3,(H,14,15)/t7-,8+,9+,13-/m1/s1. The Morgan fingerprint density at radius 2 is 1.75 bits per heavy atom. The lowest BCUT2D eigenvalue weighted by molar-refractivity contribution is -0.463. The van der Waals surface area contributed by atoms with Gasteiger partial charge in [0.05, 0.1) is 12.7 Å². The Morgan fingerprint density at radius 1 is 1.05 bits per heavy atom. The van der Waals surface area contributed by atoms with Crippen molar-refractivity contribution < 1.29 is 33.6 Å². The lowest BCUT2D eigenvalue weighted by Crippen LogP contribution is -2.70. The van der Waals surface area contributed by atoms with Gasteiger partial charge in [-0.1, -0.05) is 0 Å². The van der Waals surface area contributed by atoms with E-state index in [0.717, 1.165) is 0 Å². The predicted octanol–water partition coefficient (Wildman–Crippen LogP) is 0.859. The average molecular weight is 288 g/mol. The van der Waals surface area contributed by atoms with E-state index >= 15 is 0 Å². The smallest absolute Gasteiger partial charge is 0.364 e. The fourth-order valence-electron chi connectivity index (χ4n) is 3.05. The summed E-state index contributed by atoms with van der Waals surface area (Å²) in [6.07, 6.45) is -1.19. The van der Waals surface area contributed by atoms with Gasteiger partial charge in [0.25, 0.3) is 5.79 Å². The van der Waals surface area contributed by atoms with E-state index in [1.165, 1.54) is 0 Å². The Labute approximate surface area is 117 Å². The van der Waals surface area contributed by atoms with Crippen LogP contribution in [0, 0.1) is 0 Å². The summed E-state index contributed by atoms with van der Waals surface area (Å²) in [6, 6.07) is 0. The molecule has 0 spiro atoms. The van der Waals surface area contributed by atoms with Crippen LogP contribution in [-0.2, 0) is 28.5 Å². The van der Waals surface area contributed by atoms with E-state index in [-0.39, 0.29) is 19.1 Å². The summed E-state index contributed by atoms with van der Waals surface area (Å²) in [6.45, 7) is 7.21. The molecule has 0 aromatic rings. The van der Waals surface area contributed by atoms with Crippen LogP contribution in [0.2, 0.25) is 0 Å². The molecule has 1 N–H and O–H groups in total. The Bertz CT molecular complexity index is 432. The Hall–Kier alpha value is -0.730. The summed E-state index contributed by atoms with van der Waals surface area (Å²) in [7, 11) is 0. The lowest BCUT2D eigenvalue weighted by Gasteiger charge is -2.56. The van der Waals surface area contributed by atoms with Crippen LogP contribution in [0.3, 0.4) is 0 Å². The van der Waals surface area contributed by atoms with Crippen molar-refractivity contribution >= 4 is 5.97 Å². The number of rotatable bonds is 1. The highest BCUT2D eigenvalue weighted by Crippen LogP contribution is 2.45. The minimum Gasteiger partial charge on any atom is -0.477 e. The fraction of sp³-hybridized carbons (Fsp3) is 0.923. The molecule has 3 rings (SSSR count). The van der Waals surface area contributed by atoms with Crippen molar-refractivity contribution in [2.45, 2.75) is 69.8 Å². The van der Waals surface area contributed by atoms with Crippen molar-refractivity contribution in [1.82, 2.24) is 0 Å². The van der Waals surface area contributed by atoms with Gasteiger partial charge in [-0.05, 0) is 27.7 Å². The number of aliphatic carboxylic acids is 1. The molecule has 4 atom stereocenters. The zero-order chi connectivity index (χ0) is 14.8. The van der Waals surface area contributed by atoms with Crippen LogP contribution >= 0.6 is 0 Å². The van der Waals surface area contributed by atoms with E-state index in [2.05, 4.69) is 0 Å². The number of fused-ring (bicyclic) bond motifs is 4. The second kappa shape index (κ2) is 4.14. The van der Waals surface area contributed by atoms with Gasteiger partial charge in [-0.25, -0.2) is 4.79 Å². The van der Waals surface area contributed by atoms with E-state index < -0.39 is 35.5 Å². The van der Waals surface area contributed by atoms with E-state index in [0.29, 0.717) is 0 Å². The highest BCUT2D eigenvalue weighted by Gasteiger charge is 2.62. The minimum atomic E-state index is -1.69. The zero-order valence-corrected chi connectivity index (χ0v) is 12.0. The summed E-state index contributed by atoms with van der Waals surface area (Å²) >= 11 is 0. The molecule has 3 saturated heterocycles. The van der Waals surface area contributed by atoms with Gasteiger partial charge < -0.3 is 28.8 Å². The largest absolute Gasteiger partial charge is 0.477 e. The molecule has 3 heterocycles. The SMILES string of the molecule is CC1(C)OC[C@@H]2O[C@]3(C(=O)O)C[C@@H](OC(C)(C)O3)[C@@H]2O1. The number of carbonyl (C=O) groups is 1. The van der Waals surface area contributed by atoms with Crippen molar-refractivity contribution in [2.75, 3.05) is 6.61 Å². The third-order valence-corrected chi connectivity index (χ3v) is 3.73. The molecule has 0 aliphatic carbocycles. The molecule has 0 aromatic heterocycles. The molecule has 0 unspecified atom stereocenters. The molecule has 0 radical (unpaired) electrons. The van der Waals surface area contributed by atoms with Gasteiger partial charge in [0.15, 0.2) is 11.6 Å². The van der Waals surface area contributed by atoms with Crippen molar-refractivity contribution in [3.05, 3.63) is 0 Å². The number of carboxylic acids is 1. The van der Waals surface area contributed by atoms with Gasteiger partial charge in [-0.15, -0.1) is 0 Å². The molecule has 20 heavy (non-hydrogen) atoms. The quantitative estimate of drug-likeness (QED) is 0.766. The molecule has 0 amide bonds. The van der Waals surface area contributed by atoms with Crippen LogP contribution in [0.4, 0.5) is 0 Å². The molecule has 114 valence electrons. The minimum absolute atomic E-state index is 0.100. The van der Waals surface area contributed by atoms with Crippen molar-refractivity contribution in [2.24, 2.45) is 0 Å². The van der Waals surface area contributed by atoms with Crippen LogP contribution in [0.5, 0.6) is 0 Å². The Kier molecular flexibility index (Phi) is 2.94. The van der Waals surface area contributed by atoms with Gasteiger partial charge in [0.1, 0.15) is 12.2 Å². The fourth-order valence-corrected chi connectivity index (χ4v) is 3.05. The monoisotopic (exact) mass is 288 g/mol. The molecule has 0 saturated carbocycles. The van der Waals surface area contributed by atoms with Gasteiger partial charge in [0.2, 0.25) is 0 Å². The molecule has 3 aliphatic heterocycles. The molecule has 7 heteroatoms. The highest BCUT2D eigenvalue weighted by atomic mass is 16.8. The van der Waals surface area contributed by atoms with Crippen LogP contribution in [0.25, 0.3) is 0 Å². The van der Waals surface area contributed by atoms with Gasteiger partial charge in [0, 0.05) is 6.42 Å². The summed E-state index contributed by atoms with van der Waals surface area (Å²) in [4.78, 5) is 11.6. The van der Waals surface area contributed by atoms with Crippen molar-refractivity contribution in [3.63, 3.8) is 0 Å². The third-order valence-electron chi connectivity index (χ3n) is 3.73. The van der Waals surface area contributed by atoms with E-state index in [9.17, 15) is 9.90 Å². The normalized spacial score (nSPS) is 45.5. The first kappa shape index (κ1) is 14.2. The topological polar surface area (TPSA) is 83.5 Å². The predicted molar refractivity (Wildman–Crippen MR) is 64.8 cm³/mol. The first-order chi connectivity index (χ1) is 9.13. The molecule has 2 bridgehead atoms. The first-order valence-electron chi connectivity index (χ1n) is 6.73. The van der Waals surface area contributed by atoms with Crippen LogP contribution in [0.15, 0.2) is 0 Å². The van der Waals surface area contributed by atoms with Gasteiger partial charge in [-0.3, -0.25) is 0 Å². The number of ether oxygens (including phenoxy) is 5. The van der Waals surface area contributed by atoms with Gasteiger partial charge >= 0.3 is 5.97 Å². The van der Waals surface area contributed by atoms with Gasteiger partial charge in [-0.2, -0.15) is 0 Å². The van der Waals surface area contributed by atoms with E-state index in [1.807, 2.05) is 13.8 Å². The zero-order valence-electron chi connectivity index (χ0n) is 12.0. The maximum atomic E-state index is 11.6. The maximum Gasteiger partial charge on any atom is 0.364 e. The summed E-state index contributed by atoms with van der Waals surface area (Å²) in [5.74, 6) is -4.62. The van der Waals surface area contributed by atoms with Crippen molar-refractivity contribution in [1.29, 1.82) is 0 Å². The molecule has 7 nitrogen and oxygen atoms in total. The third kappa shape index (κ3) is 2.23. The highest BCUT2D eigenvalue weighted by molar-refractivity contribution is 5.76. The molecule has 3 fully saturated rings. The number of carboxylic acid groups (broad SMARTS) is 1. The summed E-state index contributed by atoms with van der Waals surface area (Å²) < 4.78 is 28.4. The second-order valence-corrected chi connectivity index (χ2v) is 6.37. The van der Waals surface area contributed by atoms with Crippen LogP contribution in [-0.4, -0.2) is 53.4 Å². The Balaban J connectivity index is 1.92. The maximum absolute atomic E-state index is 11.6. The summed E-state index contributed by atoms with van der Waals surface area (Å²) in [5.41, 5.74) is 0. The molecular formula is C13H20O7. The van der Waals surface area contributed by atoms with Crippen LogP contribution < -0.4 is 0 Å². The Morgan fingerprint density at radius 3 is 2.40 bits per heavy atom. The average Bonchev–Trinajstić information content (AvgIpc) is 2.28. The second-order valence-electron chi connectivity index (χ2n) is 6.37. The van der Waals surface area contributed by atoms with Crippen LogP contribution in [0.1, 0.15) is 34.1 Å². The molecule has 0 aromatic carbocycles. The molecule has 3 aliphatic rings. The summed E-state index contributed by atoms with van der Waals surface area (Å²) in [5, 5.41) is 9.48. The lowest BCUT2D eigenvalue weighted by atomic mass is 9.92.